The Labute approximate surface area is 146 Å². The Bertz CT molecular complexity index is 728. The second-order valence-electron chi connectivity index (χ2n) is 7.21. The van der Waals surface area contributed by atoms with Gasteiger partial charge < -0.3 is 14.3 Å². The maximum absolute atomic E-state index is 13.0. The third-order valence-corrected chi connectivity index (χ3v) is 4.24. The Hall–Kier alpha value is -2.57. The number of carbonyl (C=O) groups is 1. The smallest absolute Gasteiger partial charge is 0.323 e. The first kappa shape index (κ1) is 17.3. The Kier molecular flexibility index (Phi) is 4.65. The highest BCUT2D eigenvalue weighted by Gasteiger charge is 2.24. The molecule has 0 saturated carbocycles. The summed E-state index contributed by atoms with van der Waals surface area (Å²) in [4.78, 5) is 16.3. The van der Waals surface area contributed by atoms with Gasteiger partial charge in [-0.15, -0.1) is 0 Å². The molecule has 7 heteroatoms. The lowest BCUT2D eigenvalue weighted by Crippen LogP contribution is -2.50. The van der Waals surface area contributed by atoms with Crippen LogP contribution in [-0.2, 0) is 5.41 Å². The van der Waals surface area contributed by atoms with Crippen LogP contribution in [0.15, 0.2) is 34.9 Å². The number of benzene rings is 1. The molecule has 0 bridgehead atoms. The van der Waals surface area contributed by atoms with E-state index >= 15 is 0 Å². The van der Waals surface area contributed by atoms with E-state index in [-0.39, 0.29) is 17.3 Å². The number of aromatic nitrogens is 1. The molecule has 6 nitrogen and oxygen atoms in total. The van der Waals surface area contributed by atoms with Gasteiger partial charge in [-0.05, 0) is 24.3 Å². The molecule has 1 fully saturated rings. The van der Waals surface area contributed by atoms with Crippen molar-refractivity contribution in [3.63, 3.8) is 0 Å². The second kappa shape index (κ2) is 6.74. The molecule has 2 amide bonds. The quantitative estimate of drug-likeness (QED) is 0.904. The molecular weight excluding hydrogens is 323 g/mol. The average Bonchev–Trinajstić information content (AvgIpc) is 3.04. The molecule has 0 aliphatic carbocycles. The maximum Gasteiger partial charge on any atom is 0.323 e. The summed E-state index contributed by atoms with van der Waals surface area (Å²) in [6.45, 7) is 8.64. The van der Waals surface area contributed by atoms with Gasteiger partial charge in [0.2, 0.25) is 0 Å². The van der Waals surface area contributed by atoms with Crippen LogP contribution in [0, 0.1) is 5.82 Å². The van der Waals surface area contributed by atoms with Crippen molar-refractivity contribution < 1.29 is 13.7 Å². The Balaban J connectivity index is 1.55. The van der Waals surface area contributed by atoms with Crippen LogP contribution in [0.3, 0.4) is 0 Å². The summed E-state index contributed by atoms with van der Waals surface area (Å²) in [5.41, 5.74) is 0.810. The predicted molar refractivity (Wildman–Crippen MR) is 94.4 cm³/mol. The standard InChI is InChI=1S/C18H23FN4O2/c1-18(2,3)15-12-16(21-25-15)20-17(24)23-10-8-22(9-11-23)14-6-4-13(19)5-7-14/h4-7,12H,8-11H2,1-3H3,(H,20,21,24). The Morgan fingerprint density at radius 2 is 1.80 bits per heavy atom. The maximum atomic E-state index is 13.0. The van der Waals surface area contributed by atoms with Crippen molar-refractivity contribution in [2.24, 2.45) is 0 Å². The highest BCUT2D eigenvalue weighted by molar-refractivity contribution is 5.88. The molecule has 2 heterocycles. The average molecular weight is 346 g/mol. The normalized spacial score (nSPS) is 15.4. The van der Waals surface area contributed by atoms with E-state index in [2.05, 4.69) is 15.4 Å². The fourth-order valence-electron chi connectivity index (χ4n) is 2.70. The molecule has 2 aromatic rings. The van der Waals surface area contributed by atoms with Gasteiger partial charge in [-0.1, -0.05) is 25.9 Å². The first-order valence-electron chi connectivity index (χ1n) is 8.36. The summed E-state index contributed by atoms with van der Waals surface area (Å²) < 4.78 is 18.3. The van der Waals surface area contributed by atoms with Gasteiger partial charge in [0, 0.05) is 43.3 Å². The highest BCUT2D eigenvalue weighted by atomic mass is 19.1. The van der Waals surface area contributed by atoms with E-state index in [0.717, 1.165) is 11.4 Å². The summed E-state index contributed by atoms with van der Waals surface area (Å²) in [6.07, 6.45) is 0. The SMILES string of the molecule is CC(C)(C)c1cc(NC(=O)N2CCN(c3ccc(F)cc3)CC2)no1. The van der Waals surface area contributed by atoms with Gasteiger partial charge in [-0.2, -0.15) is 0 Å². The number of urea groups is 1. The molecular formula is C18H23FN4O2. The summed E-state index contributed by atoms with van der Waals surface area (Å²) in [5, 5.41) is 6.69. The van der Waals surface area contributed by atoms with Crippen LogP contribution in [0.1, 0.15) is 26.5 Å². The Morgan fingerprint density at radius 1 is 1.16 bits per heavy atom. The third kappa shape index (κ3) is 4.10. The van der Waals surface area contributed by atoms with Gasteiger partial charge >= 0.3 is 6.03 Å². The van der Waals surface area contributed by atoms with Crippen molar-refractivity contribution in [1.82, 2.24) is 10.1 Å². The summed E-state index contributed by atoms with van der Waals surface area (Å²) in [5.74, 6) is 0.906. The van der Waals surface area contributed by atoms with Crippen molar-refractivity contribution in [3.05, 3.63) is 41.9 Å². The lowest BCUT2D eigenvalue weighted by molar-refractivity contribution is 0.208. The van der Waals surface area contributed by atoms with E-state index in [9.17, 15) is 9.18 Å². The summed E-state index contributed by atoms with van der Waals surface area (Å²) in [6, 6.07) is 7.99. The van der Waals surface area contributed by atoms with Gasteiger partial charge in [-0.25, -0.2) is 9.18 Å². The van der Waals surface area contributed by atoms with Crippen molar-refractivity contribution >= 4 is 17.5 Å². The van der Waals surface area contributed by atoms with Crippen molar-refractivity contribution in [2.75, 3.05) is 36.4 Å². The number of carbonyl (C=O) groups excluding carboxylic acids is 1. The van der Waals surface area contributed by atoms with Crippen LogP contribution in [0.4, 0.5) is 20.7 Å². The molecule has 0 spiro atoms. The van der Waals surface area contributed by atoms with Crippen LogP contribution in [-0.4, -0.2) is 42.3 Å². The van der Waals surface area contributed by atoms with Crippen LogP contribution in [0.25, 0.3) is 0 Å². The van der Waals surface area contributed by atoms with Gasteiger partial charge in [0.25, 0.3) is 0 Å². The number of nitrogens with zero attached hydrogens (tertiary/aromatic N) is 3. The van der Waals surface area contributed by atoms with E-state index in [4.69, 9.17) is 4.52 Å². The number of halogens is 1. The lowest BCUT2D eigenvalue weighted by Gasteiger charge is -2.35. The molecule has 3 rings (SSSR count). The molecule has 0 unspecified atom stereocenters. The monoisotopic (exact) mass is 346 g/mol. The summed E-state index contributed by atoms with van der Waals surface area (Å²) >= 11 is 0. The van der Waals surface area contributed by atoms with Crippen LogP contribution in [0.5, 0.6) is 0 Å². The van der Waals surface area contributed by atoms with Crippen molar-refractivity contribution in [2.45, 2.75) is 26.2 Å². The number of piperazine rings is 1. The first-order valence-corrected chi connectivity index (χ1v) is 8.36. The molecule has 1 saturated heterocycles. The molecule has 134 valence electrons. The lowest BCUT2D eigenvalue weighted by atomic mass is 9.93. The first-order chi connectivity index (χ1) is 11.8. The fraction of sp³-hybridized carbons (Fsp3) is 0.444. The van der Waals surface area contributed by atoms with Crippen molar-refractivity contribution in [3.8, 4) is 0 Å². The van der Waals surface area contributed by atoms with Gasteiger partial charge in [0.1, 0.15) is 11.6 Å². The molecule has 1 aromatic carbocycles. The second-order valence-corrected chi connectivity index (χ2v) is 7.21. The minimum Gasteiger partial charge on any atom is -0.368 e. The number of rotatable bonds is 2. The number of hydrogen-bond acceptors (Lipinski definition) is 4. The predicted octanol–water partition coefficient (Wildman–Crippen LogP) is 3.47. The number of anilines is 2. The van der Waals surface area contributed by atoms with E-state index in [1.54, 1.807) is 23.1 Å². The highest BCUT2D eigenvalue weighted by Crippen LogP contribution is 2.24. The van der Waals surface area contributed by atoms with Crippen LogP contribution >= 0.6 is 0 Å². The fourth-order valence-corrected chi connectivity index (χ4v) is 2.70. The molecule has 25 heavy (non-hydrogen) atoms. The molecule has 0 radical (unpaired) electrons. The Morgan fingerprint density at radius 3 is 2.36 bits per heavy atom. The zero-order valence-electron chi connectivity index (χ0n) is 14.8. The van der Waals surface area contributed by atoms with E-state index in [0.29, 0.717) is 32.0 Å². The minimum absolute atomic E-state index is 0.156. The van der Waals surface area contributed by atoms with E-state index < -0.39 is 0 Å². The molecule has 1 aliphatic heterocycles. The number of hydrogen-bond donors (Lipinski definition) is 1. The van der Waals surface area contributed by atoms with Gasteiger partial charge in [0.05, 0.1) is 0 Å². The largest absolute Gasteiger partial charge is 0.368 e. The van der Waals surface area contributed by atoms with Gasteiger partial charge in [-0.3, -0.25) is 5.32 Å². The number of nitrogens with one attached hydrogen (secondary N) is 1. The zero-order chi connectivity index (χ0) is 18.0. The topological polar surface area (TPSA) is 61.6 Å². The number of amides is 2. The van der Waals surface area contributed by atoms with Crippen LogP contribution < -0.4 is 10.2 Å². The molecule has 0 atom stereocenters. The third-order valence-electron chi connectivity index (χ3n) is 4.24. The molecule has 1 N–H and O–H groups in total. The summed E-state index contributed by atoms with van der Waals surface area (Å²) in [7, 11) is 0. The molecule has 1 aromatic heterocycles. The van der Waals surface area contributed by atoms with Crippen LogP contribution in [0.2, 0.25) is 0 Å². The van der Waals surface area contributed by atoms with Crippen molar-refractivity contribution in [1.29, 1.82) is 0 Å². The van der Waals surface area contributed by atoms with E-state index in [1.807, 2.05) is 20.8 Å². The minimum atomic E-state index is -0.246. The zero-order valence-corrected chi connectivity index (χ0v) is 14.8. The van der Waals surface area contributed by atoms with Gasteiger partial charge in [0.15, 0.2) is 5.82 Å². The van der Waals surface area contributed by atoms with E-state index in [1.165, 1.54) is 12.1 Å². The molecule has 1 aliphatic rings.